The van der Waals surface area contributed by atoms with E-state index in [1.807, 2.05) is 0 Å². The predicted molar refractivity (Wildman–Crippen MR) is 85.2 cm³/mol. The Morgan fingerprint density at radius 2 is 1.85 bits per heavy atom. The summed E-state index contributed by atoms with van der Waals surface area (Å²) in [5, 5.41) is 3.62. The van der Waals surface area contributed by atoms with E-state index in [1.54, 1.807) is 22.9 Å². The molecule has 27 heavy (non-hydrogen) atoms. The molecule has 0 aliphatic carbocycles. The van der Waals surface area contributed by atoms with Crippen LogP contribution in [0.3, 0.4) is 0 Å². The summed E-state index contributed by atoms with van der Waals surface area (Å²) in [6.45, 7) is 3.48. The average Bonchev–Trinajstić information content (AvgIpc) is 2.90. The van der Waals surface area contributed by atoms with E-state index in [2.05, 4.69) is 10.0 Å². The Hall–Kier alpha value is -3.17. The third-order valence-electron chi connectivity index (χ3n) is 3.61. The van der Waals surface area contributed by atoms with Gasteiger partial charge in [-0.2, -0.15) is 4.57 Å². The van der Waals surface area contributed by atoms with Crippen molar-refractivity contribution in [3.05, 3.63) is 24.5 Å². The monoisotopic (exact) mass is 380 g/mol. The van der Waals surface area contributed by atoms with E-state index in [4.69, 9.17) is 24.5 Å². The van der Waals surface area contributed by atoms with Crippen LogP contribution in [-0.2, 0) is 33.3 Å². The Labute approximate surface area is 154 Å². The third kappa shape index (κ3) is 5.40. The number of esters is 3. The van der Waals surface area contributed by atoms with E-state index in [1.165, 1.54) is 27.0 Å². The Bertz CT molecular complexity index is 778. The molecule has 11 heteroatoms. The summed E-state index contributed by atoms with van der Waals surface area (Å²) in [6, 6.07) is 3.25. The van der Waals surface area contributed by atoms with Gasteiger partial charge < -0.3 is 18.9 Å². The molecule has 1 aliphatic rings. The lowest BCUT2D eigenvalue weighted by molar-refractivity contribution is -0.764. The van der Waals surface area contributed by atoms with Gasteiger partial charge in [0.1, 0.15) is 18.2 Å². The van der Waals surface area contributed by atoms with E-state index in [-0.39, 0.29) is 6.61 Å². The number of nitrogens with one attached hydrogen (secondary N) is 1. The third-order valence-corrected chi connectivity index (χ3v) is 3.61. The summed E-state index contributed by atoms with van der Waals surface area (Å²) in [6.07, 6.45) is -0.535. The zero-order valence-electron chi connectivity index (χ0n) is 15.0. The van der Waals surface area contributed by atoms with Crippen molar-refractivity contribution in [3.8, 4) is 0 Å². The highest BCUT2D eigenvalue weighted by molar-refractivity contribution is 5.67. The van der Waals surface area contributed by atoms with Gasteiger partial charge in [-0.25, -0.2) is 0 Å². The van der Waals surface area contributed by atoms with Crippen LogP contribution in [0.5, 0.6) is 0 Å². The van der Waals surface area contributed by atoms with Crippen molar-refractivity contribution in [2.75, 3.05) is 6.61 Å². The minimum atomic E-state index is -0.986. The van der Waals surface area contributed by atoms with Crippen molar-refractivity contribution >= 4 is 23.6 Å². The molecule has 1 aromatic heterocycles. The SMILES string of the molecule is CC(=O)OC[C@H]1O[C@@H]([n+]2cccc(N=[N+]=N)c2)[C@H](OC(C)=O)[C@@H]1OC(C)=O. The number of ether oxygens (including phenoxy) is 4. The fourth-order valence-electron chi connectivity index (χ4n) is 2.69. The topological polar surface area (TPSA) is 142 Å². The molecule has 0 bridgehead atoms. The van der Waals surface area contributed by atoms with Gasteiger partial charge in [0.25, 0.3) is 0 Å². The first-order valence-corrected chi connectivity index (χ1v) is 8.03. The molecule has 144 valence electrons. The van der Waals surface area contributed by atoms with Crippen LogP contribution < -0.4 is 9.48 Å². The van der Waals surface area contributed by atoms with E-state index in [0.717, 1.165) is 0 Å². The van der Waals surface area contributed by atoms with Gasteiger partial charge in [-0.1, -0.05) is 0 Å². The molecule has 0 spiro atoms. The van der Waals surface area contributed by atoms with E-state index in [0.29, 0.717) is 5.69 Å². The van der Waals surface area contributed by atoms with Crippen LogP contribution in [0.15, 0.2) is 29.6 Å². The first-order chi connectivity index (χ1) is 12.8. The second-order valence-electron chi connectivity index (χ2n) is 5.73. The average molecular weight is 380 g/mol. The predicted octanol–water partition coefficient (Wildman–Crippen LogP) is 0.480. The molecule has 1 fully saturated rings. The summed E-state index contributed by atoms with van der Waals surface area (Å²) in [7, 11) is 0. The van der Waals surface area contributed by atoms with Crippen molar-refractivity contribution in [2.45, 2.75) is 45.3 Å². The van der Waals surface area contributed by atoms with Gasteiger partial charge in [-0.05, 0) is 6.07 Å². The van der Waals surface area contributed by atoms with Crippen molar-refractivity contribution in [1.82, 2.24) is 4.91 Å². The minimum Gasteiger partial charge on any atom is -0.463 e. The Morgan fingerprint density at radius 3 is 2.44 bits per heavy atom. The lowest BCUT2D eigenvalue weighted by Crippen LogP contribution is -2.48. The molecule has 11 nitrogen and oxygen atoms in total. The molecular formula is C16H20N4O7+2. The number of nitrogens with zero attached hydrogens (tertiary/aromatic N) is 3. The van der Waals surface area contributed by atoms with Gasteiger partial charge in [0.05, 0.1) is 0 Å². The summed E-state index contributed by atoms with van der Waals surface area (Å²) in [5.41, 5.74) is 7.20. The van der Waals surface area contributed by atoms with Crippen LogP contribution in [0, 0.1) is 5.53 Å². The molecule has 4 atom stereocenters. The van der Waals surface area contributed by atoms with Gasteiger partial charge in [-0.3, -0.25) is 14.4 Å². The number of carbonyl (C=O) groups is 3. The first kappa shape index (κ1) is 20.1. The fourth-order valence-corrected chi connectivity index (χ4v) is 2.69. The number of aromatic nitrogens is 1. The number of hydrogen-bond acceptors (Lipinski definition) is 9. The fraction of sp³-hybridized carbons (Fsp3) is 0.500. The summed E-state index contributed by atoms with van der Waals surface area (Å²) < 4.78 is 23.0. The minimum absolute atomic E-state index is 0.186. The van der Waals surface area contributed by atoms with Crippen molar-refractivity contribution in [3.63, 3.8) is 0 Å². The largest absolute Gasteiger partial charge is 0.463 e. The maximum absolute atomic E-state index is 11.6. The highest BCUT2D eigenvalue weighted by Crippen LogP contribution is 2.31. The highest BCUT2D eigenvalue weighted by atomic mass is 16.7. The molecule has 0 unspecified atom stereocenters. The van der Waals surface area contributed by atoms with Crippen molar-refractivity contribution < 1.29 is 37.9 Å². The smallest absolute Gasteiger partial charge is 0.304 e. The summed E-state index contributed by atoms with van der Waals surface area (Å²) >= 11 is 0. The van der Waals surface area contributed by atoms with Gasteiger partial charge in [0, 0.05) is 26.8 Å². The standard InChI is InChI=1S/C16H20N4O7/c1-9(21)24-8-13-14(25-10(2)22)15(26-11(3)23)16(27-13)20-6-4-5-12(7-20)18-19-17/h4-7,13-17H,8H2,1-3H3/q+2/t13-,14-,15-,16-/m1/s1. The Balaban J connectivity index is 2.38. The van der Waals surface area contributed by atoms with Gasteiger partial charge >= 0.3 is 24.1 Å². The Kier molecular flexibility index (Phi) is 6.69. The molecule has 0 saturated carbocycles. The lowest BCUT2D eigenvalue weighted by atomic mass is 10.1. The van der Waals surface area contributed by atoms with Gasteiger partial charge in [0.15, 0.2) is 17.4 Å². The van der Waals surface area contributed by atoms with E-state index in [9.17, 15) is 14.4 Å². The normalized spacial score (nSPS) is 23.8. The highest BCUT2D eigenvalue weighted by Gasteiger charge is 2.54. The molecule has 1 N–H and O–H groups in total. The maximum Gasteiger partial charge on any atom is 0.304 e. The Morgan fingerprint density at radius 1 is 1.19 bits per heavy atom. The van der Waals surface area contributed by atoms with Crippen LogP contribution in [0.2, 0.25) is 0 Å². The number of hydrogen-bond donors (Lipinski definition) is 1. The van der Waals surface area contributed by atoms with Gasteiger partial charge in [-0.15, -0.1) is 0 Å². The molecule has 2 rings (SSSR count). The summed E-state index contributed by atoms with van der Waals surface area (Å²) in [4.78, 5) is 37.2. The first-order valence-electron chi connectivity index (χ1n) is 8.03. The number of rotatable bonds is 6. The van der Waals surface area contributed by atoms with Crippen molar-refractivity contribution in [1.29, 1.82) is 5.53 Å². The van der Waals surface area contributed by atoms with Crippen LogP contribution in [0.25, 0.3) is 0 Å². The zero-order valence-corrected chi connectivity index (χ0v) is 15.0. The second kappa shape index (κ2) is 8.97. The molecule has 1 aliphatic heterocycles. The summed E-state index contributed by atoms with van der Waals surface area (Å²) in [5.74, 6) is -1.73. The number of pyridine rings is 1. The quantitative estimate of drug-likeness (QED) is 0.249. The molecular weight excluding hydrogens is 360 g/mol. The molecule has 2 heterocycles. The van der Waals surface area contributed by atoms with Crippen LogP contribution in [-0.4, -0.2) is 42.8 Å². The molecule has 1 aromatic rings. The second-order valence-corrected chi connectivity index (χ2v) is 5.73. The maximum atomic E-state index is 11.6. The molecule has 0 radical (unpaired) electrons. The molecule has 1 saturated heterocycles. The van der Waals surface area contributed by atoms with Crippen LogP contribution >= 0.6 is 0 Å². The zero-order chi connectivity index (χ0) is 20.0. The van der Waals surface area contributed by atoms with E-state index >= 15 is 0 Å². The van der Waals surface area contributed by atoms with Crippen LogP contribution in [0.4, 0.5) is 5.69 Å². The van der Waals surface area contributed by atoms with E-state index < -0.39 is 42.4 Å². The van der Waals surface area contributed by atoms with Crippen LogP contribution in [0.1, 0.15) is 27.0 Å². The van der Waals surface area contributed by atoms with Gasteiger partial charge in [0.2, 0.25) is 22.9 Å². The lowest BCUT2D eigenvalue weighted by Gasteiger charge is -2.21. The molecule has 0 amide bonds. The molecule has 0 aromatic carbocycles. The van der Waals surface area contributed by atoms with Crippen molar-refractivity contribution in [2.24, 2.45) is 5.11 Å². The number of carbonyl (C=O) groups excluding carboxylic acids is 3.